The molecule has 21 heavy (non-hydrogen) atoms. The molecular formula is C16H14N2O2S. The highest BCUT2D eigenvalue weighted by Crippen LogP contribution is 2.34. The molecule has 1 aliphatic heterocycles. The van der Waals surface area contributed by atoms with Crippen LogP contribution in [0.15, 0.2) is 35.7 Å². The molecule has 0 aliphatic carbocycles. The summed E-state index contributed by atoms with van der Waals surface area (Å²) in [4.78, 5) is 14.8. The molecule has 1 unspecified atom stereocenters. The average Bonchev–Trinajstić information content (AvgIpc) is 2.95. The second-order valence-electron chi connectivity index (χ2n) is 5.03. The van der Waals surface area contributed by atoms with Gasteiger partial charge in [0.2, 0.25) is 0 Å². The Morgan fingerprint density at radius 1 is 1.43 bits per heavy atom. The topological polar surface area (TPSA) is 64.3 Å². The molecule has 0 bridgehead atoms. The summed E-state index contributed by atoms with van der Waals surface area (Å²) < 4.78 is 0. The van der Waals surface area contributed by atoms with Crippen LogP contribution in [-0.4, -0.2) is 22.5 Å². The molecule has 1 aliphatic rings. The highest BCUT2D eigenvalue weighted by molar-refractivity contribution is 7.10. The molecule has 1 aromatic carbocycles. The zero-order valence-electron chi connectivity index (χ0n) is 11.3. The molecule has 106 valence electrons. The third-order valence-electron chi connectivity index (χ3n) is 3.81. The predicted octanol–water partition coefficient (Wildman–Crippen LogP) is 2.80. The van der Waals surface area contributed by atoms with Crippen molar-refractivity contribution in [3.05, 3.63) is 57.3 Å². The fraction of sp³-hybridized carbons (Fsp3) is 0.250. The fourth-order valence-electron chi connectivity index (χ4n) is 2.81. The highest BCUT2D eigenvalue weighted by atomic mass is 32.1. The number of carbonyl (C=O) groups is 1. The Morgan fingerprint density at radius 3 is 3.00 bits per heavy atom. The zero-order valence-corrected chi connectivity index (χ0v) is 12.1. The number of thiophene rings is 1. The smallest absolute Gasteiger partial charge is 0.325 e. The Kier molecular flexibility index (Phi) is 3.74. The summed E-state index contributed by atoms with van der Waals surface area (Å²) in [5.74, 6) is -0.830. The Balaban J connectivity index is 1.92. The molecule has 1 N–H and O–H groups in total. The molecular weight excluding hydrogens is 284 g/mol. The molecule has 1 atom stereocenters. The lowest BCUT2D eigenvalue weighted by Crippen LogP contribution is -2.38. The third-order valence-corrected chi connectivity index (χ3v) is 4.81. The fourth-order valence-corrected chi connectivity index (χ4v) is 3.72. The summed E-state index contributed by atoms with van der Waals surface area (Å²) in [6, 6.07) is 10.8. The molecule has 0 saturated heterocycles. The molecule has 1 aromatic heterocycles. The van der Waals surface area contributed by atoms with Gasteiger partial charge in [-0.15, -0.1) is 11.3 Å². The maximum absolute atomic E-state index is 11.7. The molecule has 0 radical (unpaired) electrons. The molecule has 0 fully saturated rings. The van der Waals surface area contributed by atoms with E-state index >= 15 is 0 Å². The molecule has 2 heterocycles. The van der Waals surface area contributed by atoms with Gasteiger partial charge in [-0.1, -0.05) is 18.2 Å². The molecule has 3 rings (SSSR count). The van der Waals surface area contributed by atoms with Crippen LogP contribution in [0.5, 0.6) is 0 Å². The van der Waals surface area contributed by atoms with Crippen LogP contribution in [0.2, 0.25) is 0 Å². The lowest BCUT2D eigenvalue weighted by Gasteiger charge is -2.33. The number of fused-ring (bicyclic) bond motifs is 1. The van der Waals surface area contributed by atoms with Gasteiger partial charge < -0.3 is 5.11 Å². The summed E-state index contributed by atoms with van der Waals surface area (Å²) in [5, 5.41) is 20.7. The van der Waals surface area contributed by atoms with Crippen LogP contribution in [0.4, 0.5) is 0 Å². The summed E-state index contributed by atoms with van der Waals surface area (Å²) in [5.41, 5.74) is 2.39. The third kappa shape index (κ3) is 2.56. The number of hydrogen-bond donors (Lipinski definition) is 1. The van der Waals surface area contributed by atoms with Gasteiger partial charge in [-0.2, -0.15) is 5.26 Å². The van der Waals surface area contributed by atoms with Crippen LogP contribution in [0.25, 0.3) is 0 Å². The summed E-state index contributed by atoms with van der Waals surface area (Å²) in [7, 11) is 0. The number of nitriles is 1. The molecule has 2 aromatic rings. The van der Waals surface area contributed by atoms with E-state index in [1.54, 1.807) is 17.4 Å². The second-order valence-corrected chi connectivity index (χ2v) is 6.03. The van der Waals surface area contributed by atoms with E-state index in [9.17, 15) is 9.90 Å². The minimum absolute atomic E-state index is 0.482. The minimum atomic E-state index is -0.830. The number of carboxylic acid groups (broad SMARTS) is 1. The zero-order chi connectivity index (χ0) is 14.8. The monoisotopic (exact) mass is 298 g/mol. The number of carboxylic acids is 1. The van der Waals surface area contributed by atoms with E-state index in [4.69, 9.17) is 5.26 Å². The average molecular weight is 298 g/mol. The summed E-state index contributed by atoms with van der Waals surface area (Å²) in [6.07, 6.45) is 0.867. The van der Waals surface area contributed by atoms with Crippen LogP contribution in [0.3, 0.4) is 0 Å². The van der Waals surface area contributed by atoms with Crippen LogP contribution in [0, 0.1) is 11.3 Å². The first-order valence-electron chi connectivity index (χ1n) is 6.72. The highest BCUT2D eigenvalue weighted by Gasteiger charge is 2.33. The van der Waals surface area contributed by atoms with Gasteiger partial charge in [0.25, 0.3) is 0 Å². The normalized spacial score (nSPS) is 18.0. The van der Waals surface area contributed by atoms with E-state index in [0.29, 0.717) is 18.7 Å². The lowest BCUT2D eigenvalue weighted by atomic mass is 9.98. The number of nitrogens with zero attached hydrogens (tertiary/aromatic N) is 2. The van der Waals surface area contributed by atoms with E-state index in [2.05, 4.69) is 6.07 Å². The van der Waals surface area contributed by atoms with Crippen molar-refractivity contribution < 1.29 is 9.90 Å². The molecule has 5 heteroatoms. The van der Waals surface area contributed by atoms with Crippen LogP contribution in [-0.2, 0) is 17.8 Å². The molecule has 0 spiro atoms. The van der Waals surface area contributed by atoms with Gasteiger partial charge in [0, 0.05) is 18.0 Å². The first kappa shape index (κ1) is 13.8. The van der Waals surface area contributed by atoms with E-state index < -0.39 is 12.0 Å². The van der Waals surface area contributed by atoms with Crippen LogP contribution in [0.1, 0.15) is 27.6 Å². The van der Waals surface area contributed by atoms with Crippen molar-refractivity contribution in [2.45, 2.75) is 19.0 Å². The molecule has 0 saturated carbocycles. The predicted molar refractivity (Wildman–Crippen MR) is 80.0 cm³/mol. The van der Waals surface area contributed by atoms with Gasteiger partial charge in [-0.05, 0) is 35.1 Å². The van der Waals surface area contributed by atoms with E-state index in [1.807, 2.05) is 34.5 Å². The quantitative estimate of drug-likeness (QED) is 0.946. The largest absolute Gasteiger partial charge is 0.480 e. The molecule has 4 nitrogen and oxygen atoms in total. The van der Waals surface area contributed by atoms with E-state index in [1.165, 1.54) is 0 Å². The van der Waals surface area contributed by atoms with Crippen molar-refractivity contribution in [1.29, 1.82) is 5.26 Å². The summed E-state index contributed by atoms with van der Waals surface area (Å²) >= 11 is 1.62. The first-order chi connectivity index (χ1) is 10.2. The van der Waals surface area contributed by atoms with Crippen molar-refractivity contribution in [2.24, 2.45) is 0 Å². The van der Waals surface area contributed by atoms with E-state index in [0.717, 1.165) is 22.4 Å². The van der Waals surface area contributed by atoms with Crippen molar-refractivity contribution in [3.8, 4) is 6.07 Å². The number of rotatable bonds is 3. The van der Waals surface area contributed by atoms with E-state index in [-0.39, 0.29) is 0 Å². The van der Waals surface area contributed by atoms with Crippen molar-refractivity contribution in [2.75, 3.05) is 6.54 Å². The maximum Gasteiger partial charge on any atom is 0.325 e. The van der Waals surface area contributed by atoms with Gasteiger partial charge >= 0.3 is 5.97 Å². The SMILES string of the molecule is N#Cc1ccccc1CN1CCc2sccc2C1C(=O)O. The second kappa shape index (κ2) is 5.68. The van der Waals surface area contributed by atoms with Gasteiger partial charge in [-0.25, -0.2) is 0 Å². The lowest BCUT2D eigenvalue weighted by molar-refractivity contribution is -0.144. The first-order valence-corrected chi connectivity index (χ1v) is 7.60. The van der Waals surface area contributed by atoms with Gasteiger partial charge in [0.15, 0.2) is 0 Å². The molecule has 0 amide bonds. The Labute approximate surface area is 126 Å². The Morgan fingerprint density at radius 2 is 2.24 bits per heavy atom. The van der Waals surface area contributed by atoms with Crippen molar-refractivity contribution in [3.63, 3.8) is 0 Å². The van der Waals surface area contributed by atoms with Crippen LogP contribution < -0.4 is 0 Å². The standard InChI is InChI=1S/C16H14N2O2S/c17-9-11-3-1-2-4-12(11)10-18-7-5-14-13(6-8-21-14)15(18)16(19)20/h1-4,6,8,15H,5,7,10H2,(H,19,20). The van der Waals surface area contributed by atoms with Crippen molar-refractivity contribution in [1.82, 2.24) is 4.90 Å². The number of benzene rings is 1. The Hall–Kier alpha value is -2.16. The Bertz CT molecular complexity index is 717. The minimum Gasteiger partial charge on any atom is -0.480 e. The summed E-state index contributed by atoms with van der Waals surface area (Å²) in [6.45, 7) is 1.18. The number of aliphatic carboxylic acids is 1. The maximum atomic E-state index is 11.7. The van der Waals surface area contributed by atoms with Gasteiger partial charge in [-0.3, -0.25) is 9.69 Å². The van der Waals surface area contributed by atoms with Gasteiger partial charge in [0.05, 0.1) is 11.6 Å². The van der Waals surface area contributed by atoms with Gasteiger partial charge in [0.1, 0.15) is 6.04 Å². The number of hydrogen-bond acceptors (Lipinski definition) is 4. The van der Waals surface area contributed by atoms with Crippen LogP contribution >= 0.6 is 11.3 Å². The van der Waals surface area contributed by atoms with Crippen molar-refractivity contribution >= 4 is 17.3 Å².